The molecule has 0 atom stereocenters. The zero-order valence-corrected chi connectivity index (χ0v) is 12.2. The van der Waals surface area contributed by atoms with Crippen LogP contribution in [0.1, 0.15) is 25.3 Å². The molecule has 0 nitrogen and oxygen atoms in total. The standard InChI is InChI=1S/C13H13.K/c1-10(2)12-8-7-11-5-3-4-6-13(11)9-12;/h3,5-10H,1-2H3;/q-1;+1. The second-order valence-electron chi connectivity index (χ2n) is 3.69. The minimum atomic E-state index is 0. The first-order valence-electron chi connectivity index (χ1n) is 4.67. The Bertz CT molecular complexity index is 418. The maximum atomic E-state index is 3.10. The summed E-state index contributed by atoms with van der Waals surface area (Å²) in [7, 11) is 0. The Balaban J connectivity index is 0.000000980. The summed E-state index contributed by atoms with van der Waals surface area (Å²) in [4.78, 5) is 0. The molecule has 14 heavy (non-hydrogen) atoms. The molecule has 0 bridgehead atoms. The van der Waals surface area contributed by atoms with Crippen LogP contribution in [0.25, 0.3) is 10.8 Å². The van der Waals surface area contributed by atoms with Crippen molar-refractivity contribution < 1.29 is 51.4 Å². The maximum Gasteiger partial charge on any atom is 1.00 e. The molecule has 0 heterocycles. The van der Waals surface area contributed by atoms with Gasteiger partial charge in [0.1, 0.15) is 0 Å². The number of hydrogen-bond donors (Lipinski definition) is 0. The summed E-state index contributed by atoms with van der Waals surface area (Å²) in [6.45, 7) is 4.43. The summed E-state index contributed by atoms with van der Waals surface area (Å²) in [6.07, 6.45) is 0. The molecule has 66 valence electrons. The van der Waals surface area contributed by atoms with Gasteiger partial charge < -0.3 is 0 Å². The normalized spacial score (nSPS) is 10.2. The van der Waals surface area contributed by atoms with Crippen molar-refractivity contribution in [2.45, 2.75) is 19.8 Å². The molecule has 0 radical (unpaired) electrons. The summed E-state index contributed by atoms with van der Waals surface area (Å²) >= 11 is 0. The van der Waals surface area contributed by atoms with E-state index in [0.717, 1.165) is 0 Å². The quantitative estimate of drug-likeness (QED) is 0.480. The number of hydrogen-bond acceptors (Lipinski definition) is 0. The van der Waals surface area contributed by atoms with Crippen molar-refractivity contribution in [3.8, 4) is 0 Å². The Labute approximate surface area is 128 Å². The van der Waals surface area contributed by atoms with Crippen molar-refractivity contribution in [1.82, 2.24) is 0 Å². The van der Waals surface area contributed by atoms with Gasteiger partial charge in [-0.3, -0.25) is 0 Å². The summed E-state index contributed by atoms with van der Waals surface area (Å²) in [5.41, 5.74) is 1.40. The second kappa shape index (κ2) is 5.43. The first-order chi connectivity index (χ1) is 6.27. The number of rotatable bonds is 1. The molecule has 0 unspecified atom stereocenters. The topological polar surface area (TPSA) is 0 Å². The van der Waals surface area contributed by atoms with Crippen molar-refractivity contribution in [1.29, 1.82) is 0 Å². The average molecular weight is 208 g/mol. The van der Waals surface area contributed by atoms with E-state index in [4.69, 9.17) is 0 Å². The Hall–Kier alpha value is 0.336. The molecular weight excluding hydrogens is 195 g/mol. The molecule has 0 aliphatic carbocycles. The van der Waals surface area contributed by atoms with E-state index in [1.54, 1.807) is 0 Å². The van der Waals surface area contributed by atoms with E-state index >= 15 is 0 Å². The van der Waals surface area contributed by atoms with Crippen molar-refractivity contribution in [2.24, 2.45) is 0 Å². The minimum absolute atomic E-state index is 0. The zero-order valence-electron chi connectivity index (χ0n) is 9.04. The van der Waals surface area contributed by atoms with Gasteiger partial charge in [-0.05, 0) is 5.92 Å². The minimum Gasteiger partial charge on any atom is -0.183 e. The summed E-state index contributed by atoms with van der Waals surface area (Å²) in [6, 6.07) is 15.8. The summed E-state index contributed by atoms with van der Waals surface area (Å²) in [5, 5.41) is 2.58. The third-order valence-electron chi connectivity index (χ3n) is 2.38. The molecule has 0 fully saturated rings. The van der Waals surface area contributed by atoms with Gasteiger partial charge in [0.25, 0.3) is 0 Å². The fourth-order valence-electron chi connectivity index (χ4n) is 1.50. The van der Waals surface area contributed by atoms with E-state index in [1.807, 2.05) is 12.1 Å². The predicted octanol–water partition coefficient (Wildman–Crippen LogP) is 0.767. The molecule has 2 aromatic carbocycles. The Morgan fingerprint density at radius 1 is 1.07 bits per heavy atom. The predicted molar refractivity (Wildman–Crippen MR) is 56.9 cm³/mol. The molecular formula is C13H13K. The number of fused-ring (bicyclic) bond motifs is 1. The van der Waals surface area contributed by atoms with Crippen LogP contribution in [0.3, 0.4) is 0 Å². The molecule has 0 aliphatic heterocycles. The van der Waals surface area contributed by atoms with Gasteiger partial charge in [0.05, 0.1) is 0 Å². The Morgan fingerprint density at radius 3 is 2.57 bits per heavy atom. The molecule has 0 aromatic heterocycles. The third-order valence-corrected chi connectivity index (χ3v) is 2.38. The molecule has 0 amide bonds. The van der Waals surface area contributed by atoms with Crippen LogP contribution in [0.4, 0.5) is 0 Å². The van der Waals surface area contributed by atoms with E-state index in [0.29, 0.717) is 5.92 Å². The van der Waals surface area contributed by atoms with Crippen LogP contribution in [0.5, 0.6) is 0 Å². The van der Waals surface area contributed by atoms with Gasteiger partial charge in [-0.25, -0.2) is 0 Å². The fourth-order valence-corrected chi connectivity index (χ4v) is 1.50. The van der Waals surface area contributed by atoms with E-state index in [2.05, 4.69) is 44.2 Å². The van der Waals surface area contributed by atoms with Gasteiger partial charge in [-0.2, -0.15) is 24.3 Å². The smallest absolute Gasteiger partial charge is 0.183 e. The van der Waals surface area contributed by atoms with E-state index in [1.165, 1.54) is 16.3 Å². The van der Waals surface area contributed by atoms with Crippen LogP contribution in [0.2, 0.25) is 0 Å². The molecule has 0 spiro atoms. The van der Waals surface area contributed by atoms with Crippen LogP contribution < -0.4 is 51.4 Å². The molecule has 0 saturated carbocycles. The Morgan fingerprint density at radius 2 is 1.86 bits per heavy atom. The van der Waals surface area contributed by atoms with Gasteiger partial charge in [-0.15, -0.1) is 16.8 Å². The largest absolute Gasteiger partial charge is 1.00 e. The van der Waals surface area contributed by atoms with E-state index in [-0.39, 0.29) is 51.4 Å². The Kier molecular flexibility index (Phi) is 4.81. The van der Waals surface area contributed by atoms with Crippen LogP contribution in [0.15, 0.2) is 36.4 Å². The third kappa shape index (κ3) is 2.68. The molecule has 0 N–H and O–H groups in total. The zero-order chi connectivity index (χ0) is 9.26. The van der Waals surface area contributed by atoms with E-state index in [9.17, 15) is 0 Å². The SMILES string of the molecule is CC(C)c1ccc2cc[c-]cc2c1.[K+]. The monoisotopic (exact) mass is 208 g/mol. The van der Waals surface area contributed by atoms with Crippen molar-refractivity contribution in [2.75, 3.05) is 0 Å². The van der Waals surface area contributed by atoms with Crippen LogP contribution in [0, 0.1) is 6.07 Å². The molecule has 2 rings (SSSR count). The van der Waals surface area contributed by atoms with Crippen molar-refractivity contribution >= 4 is 10.8 Å². The van der Waals surface area contributed by atoms with Crippen LogP contribution >= 0.6 is 0 Å². The maximum absolute atomic E-state index is 3.10. The van der Waals surface area contributed by atoms with Gasteiger partial charge in [0, 0.05) is 0 Å². The average Bonchev–Trinajstić information content (AvgIpc) is 2.17. The van der Waals surface area contributed by atoms with Gasteiger partial charge in [0.15, 0.2) is 0 Å². The molecule has 0 saturated heterocycles. The van der Waals surface area contributed by atoms with Gasteiger partial charge in [0.2, 0.25) is 0 Å². The second-order valence-corrected chi connectivity index (χ2v) is 3.69. The summed E-state index contributed by atoms with van der Waals surface area (Å²) < 4.78 is 0. The van der Waals surface area contributed by atoms with Gasteiger partial charge in [-0.1, -0.05) is 31.5 Å². The van der Waals surface area contributed by atoms with Crippen LogP contribution in [-0.4, -0.2) is 0 Å². The number of benzene rings is 2. The van der Waals surface area contributed by atoms with Crippen molar-refractivity contribution in [3.05, 3.63) is 48.0 Å². The molecule has 1 heteroatoms. The molecule has 2 aromatic rings. The molecule has 0 aliphatic rings. The summed E-state index contributed by atoms with van der Waals surface area (Å²) in [5.74, 6) is 0.601. The first-order valence-corrected chi connectivity index (χ1v) is 4.67. The van der Waals surface area contributed by atoms with E-state index < -0.39 is 0 Å². The first kappa shape index (κ1) is 12.4. The fraction of sp³-hybridized carbons (Fsp3) is 0.231. The van der Waals surface area contributed by atoms with Gasteiger partial charge >= 0.3 is 51.4 Å². The van der Waals surface area contributed by atoms with Crippen LogP contribution in [-0.2, 0) is 0 Å². The van der Waals surface area contributed by atoms with Crippen molar-refractivity contribution in [3.63, 3.8) is 0 Å².